The molecule has 1 aromatic carbocycles. The number of rotatable bonds is 4. The van der Waals surface area contributed by atoms with Crippen LogP contribution in [-0.4, -0.2) is 36.0 Å². The lowest BCUT2D eigenvalue weighted by Gasteiger charge is -2.10. The SMILES string of the molecule is CC(C)n1cnnc1-c1cccc(NC(=O)Nc2n[nH]c3c(F)cccc23)n1. The highest BCUT2D eigenvalue weighted by Crippen LogP contribution is 2.23. The number of nitrogens with zero attached hydrogens (tertiary/aromatic N) is 5. The van der Waals surface area contributed by atoms with Crippen molar-refractivity contribution in [2.75, 3.05) is 10.6 Å². The maximum Gasteiger partial charge on any atom is 0.326 e. The van der Waals surface area contributed by atoms with Crippen LogP contribution in [-0.2, 0) is 0 Å². The minimum Gasteiger partial charge on any atom is -0.310 e. The Morgan fingerprint density at radius 2 is 2.00 bits per heavy atom. The van der Waals surface area contributed by atoms with E-state index in [4.69, 9.17) is 0 Å². The Hall–Kier alpha value is -3.82. The molecule has 4 rings (SSSR count). The summed E-state index contributed by atoms with van der Waals surface area (Å²) in [5.41, 5.74) is 0.808. The zero-order valence-corrected chi connectivity index (χ0v) is 15.1. The van der Waals surface area contributed by atoms with Gasteiger partial charge in [0.2, 0.25) is 0 Å². The highest BCUT2D eigenvalue weighted by Gasteiger charge is 2.14. The van der Waals surface area contributed by atoms with Crippen LogP contribution in [0.15, 0.2) is 42.7 Å². The zero-order chi connectivity index (χ0) is 19.7. The van der Waals surface area contributed by atoms with Gasteiger partial charge in [0.05, 0.1) is 0 Å². The first-order valence-corrected chi connectivity index (χ1v) is 8.60. The van der Waals surface area contributed by atoms with Crippen LogP contribution in [0.5, 0.6) is 0 Å². The van der Waals surface area contributed by atoms with Gasteiger partial charge in [0.1, 0.15) is 29.2 Å². The maximum atomic E-state index is 13.7. The third-order valence-corrected chi connectivity index (χ3v) is 4.13. The Morgan fingerprint density at radius 3 is 2.82 bits per heavy atom. The van der Waals surface area contributed by atoms with Crippen molar-refractivity contribution in [3.63, 3.8) is 0 Å². The van der Waals surface area contributed by atoms with Gasteiger partial charge in [-0.2, -0.15) is 5.10 Å². The Balaban J connectivity index is 1.53. The topological polar surface area (TPSA) is 113 Å². The molecule has 2 amide bonds. The van der Waals surface area contributed by atoms with Gasteiger partial charge < -0.3 is 4.57 Å². The number of para-hydroxylation sites is 1. The molecule has 0 atom stereocenters. The summed E-state index contributed by atoms with van der Waals surface area (Å²) in [6, 6.07) is 9.35. The van der Waals surface area contributed by atoms with E-state index in [9.17, 15) is 9.18 Å². The number of benzene rings is 1. The Morgan fingerprint density at radius 1 is 1.18 bits per heavy atom. The molecule has 0 radical (unpaired) electrons. The van der Waals surface area contributed by atoms with Crippen molar-refractivity contribution in [2.45, 2.75) is 19.9 Å². The fraction of sp³-hybridized carbons (Fsp3) is 0.167. The van der Waals surface area contributed by atoms with Crippen LogP contribution >= 0.6 is 0 Å². The monoisotopic (exact) mass is 380 g/mol. The van der Waals surface area contributed by atoms with Gasteiger partial charge >= 0.3 is 6.03 Å². The number of anilines is 2. The number of aromatic nitrogens is 6. The summed E-state index contributed by atoms with van der Waals surface area (Å²) in [7, 11) is 0. The average molecular weight is 380 g/mol. The number of hydrogen-bond donors (Lipinski definition) is 3. The molecule has 0 aliphatic heterocycles. The number of H-pyrrole nitrogens is 1. The predicted octanol–water partition coefficient (Wildman–Crippen LogP) is 3.58. The van der Waals surface area contributed by atoms with Crippen LogP contribution in [0.2, 0.25) is 0 Å². The van der Waals surface area contributed by atoms with Crippen LogP contribution in [0.1, 0.15) is 19.9 Å². The van der Waals surface area contributed by atoms with Gasteiger partial charge in [-0.05, 0) is 38.1 Å². The van der Waals surface area contributed by atoms with E-state index in [0.29, 0.717) is 22.7 Å². The summed E-state index contributed by atoms with van der Waals surface area (Å²) in [5.74, 6) is 0.719. The van der Waals surface area contributed by atoms with E-state index in [-0.39, 0.29) is 17.4 Å². The number of halogens is 1. The van der Waals surface area contributed by atoms with E-state index in [1.807, 2.05) is 18.4 Å². The van der Waals surface area contributed by atoms with Crippen LogP contribution < -0.4 is 10.6 Å². The number of nitrogens with one attached hydrogen (secondary N) is 3. The van der Waals surface area contributed by atoms with E-state index in [1.54, 1.807) is 36.7 Å². The van der Waals surface area contributed by atoms with E-state index in [1.165, 1.54) is 6.07 Å². The second-order valence-electron chi connectivity index (χ2n) is 6.38. The fourth-order valence-electron chi connectivity index (χ4n) is 2.79. The van der Waals surface area contributed by atoms with Gasteiger partial charge in [0, 0.05) is 11.4 Å². The van der Waals surface area contributed by atoms with Gasteiger partial charge in [-0.3, -0.25) is 15.7 Å². The molecule has 0 fully saturated rings. The first-order valence-electron chi connectivity index (χ1n) is 8.60. The van der Waals surface area contributed by atoms with Gasteiger partial charge in [0.25, 0.3) is 0 Å². The number of fused-ring (bicyclic) bond motifs is 1. The Labute approximate surface area is 159 Å². The van der Waals surface area contributed by atoms with E-state index in [0.717, 1.165) is 0 Å². The molecular weight excluding hydrogens is 363 g/mol. The third-order valence-electron chi connectivity index (χ3n) is 4.13. The number of amides is 2. The van der Waals surface area contributed by atoms with Crippen molar-refractivity contribution in [1.82, 2.24) is 29.9 Å². The highest BCUT2D eigenvalue weighted by atomic mass is 19.1. The summed E-state index contributed by atoms with van der Waals surface area (Å²) < 4.78 is 15.6. The van der Waals surface area contributed by atoms with E-state index >= 15 is 0 Å². The molecule has 3 N–H and O–H groups in total. The molecule has 0 aliphatic carbocycles. The molecular formula is C18H17FN8O. The van der Waals surface area contributed by atoms with Gasteiger partial charge in [-0.15, -0.1) is 10.2 Å². The molecule has 4 aromatic rings. The number of carbonyl (C=O) groups excluding carboxylic acids is 1. The molecule has 9 nitrogen and oxygen atoms in total. The fourth-order valence-corrected chi connectivity index (χ4v) is 2.79. The largest absolute Gasteiger partial charge is 0.326 e. The molecule has 3 aromatic heterocycles. The standard InChI is InChI=1S/C18H17FN8O/c1-10(2)27-9-20-26-17(27)13-7-4-8-14(21-13)22-18(28)23-16-11-5-3-6-12(19)15(11)24-25-16/h3-10H,1-2H3,(H3,21,22,23,24,25,28). The first kappa shape index (κ1) is 17.6. The molecule has 142 valence electrons. The van der Waals surface area contributed by atoms with Crippen LogP contribution in [0.4, 0.5) is 20.8 Å². The maximum absolute atomic E-state index is 13.7. The van der Waals surface area contributed by atoms with E-state index in [2.05, 4.69) is 36.0 Å². The molecule has 28 heavy (non-hydrogen) atoms. The normalized spacial score (nSPS) is 11.1. The molecule has 0 spiro atoms. The number of urea groups is 1. The van der Waals surface area contributed by atoms with Crippen LogP contribution in [0.3, 0.4) is 0 Å². The molecule has 0 bridgehead atoms. The van der Waals surface area contributed by atoms with Crippen molar-refractivity contribution >= 4 is 28.6 Å². The van der Waals surface area contributed by atoms with Crippen LogP contribution in [0.25, 0.3) is 22.4 Å². The van der Waals surface area contributed by atoms with Crippen molar-refractivity contribution in [3.8, 4) is 11.5 Å². The van der Waals surface area contributed by atoms with Crippen molar-refractivity contribution < 1.29 is 9.18 Å². The second kappa shape index (κ2) is 7.06. The molecule has 3 heterocycles. The summed E-state index contributed by atoms with van der Waals surface area (Å²) in [6.07, 6.45) is 1.64. The number of carbonyl (C=O) groups is 1. The molecule has 0 aliphatic rings. The lowest BCUT2D eigenvalue weighted by Crippen LogP contribution is -2.20. The lowest BCUT2D eigenvalue weighted by atomic mass is 10.2. The average Bonchev–Trinajstić information content (AvgIpc) is 3.30. The van der Waals surface area contributed by atoms with Crippen molar-refractivity contribution in [2.24, 2.45) is 0 Å². The van der Waals surface area contributed by atoms with Crippen LogP contribution in [0, 0.1) is 5.82 Å². The summed E-state index contributed by atoms with van der Waals surface area (Å²) in [4.78, 5) is 16.8. The Bertz CT molecular complexity index is 1150. The molecule has 0 unspecified atom stereocenters. The minimum absolute atomic E-state index is 0.167. The summed E-state index contributed by atoms with van der Waals surface area (Å²) >= 11 is 0. The quantitative estimate of drug-likeness (QED) is 0.501. The van der Waals surface area contributed by atoms with Gasteiger partial charge in [-0.25, -0.2) is 14.2 Å². The molecule has 0 saturated carbocycles. The van der Waals surface area contributed by atoms with Crippen molar-refractivity contribution in [3.05, 3.63) is 48.5 Å². The highest BCUT2D eigenvalue weighted by molar-refractivity contribution is 6.04. The summed E-state index contributed by atoms with van der Waals surface area (Å²) in [6.45, 7) is 4.03. The number of aromatic amines is 1. The lowest BCUT2D eigenvalue weighted by molar-refractivity contribution is 0.262. The minimum atomic E-state index is -0.548. The third kappa shape index (κ3) is 3.27. The second-order valence-corrected chi connectivity index (χ2v) is 6.38. The van der Waals surface area contributed by atoms with Gasteiger partial charge in [0.15, 0.2) is 11.6 Å². The Kier molecular flexibility index (Phi) is 4.44. The zero-order valence-electron chi connectivity index (χ0n) is 15.1. The van der Waals surface area contributed by atoms with Gasteiger partial charge in [-0.1, -0.05) is 12.1 Å². The number of hydrogen-bond acceptors (Lipinski definition) is 5. The van der Waals surface area contributed by atoms with Crippen molar-refractivity contribution in [1.29, 1.82) is 0 Å². The number of pyridine rings is 1. The van der Waals surface area contributed by atoms with E-state index < -0.39 is 11.8 Å². The molecule has 10 heteroatoms. The molecule has 0 saturated heterocycles. The smallest absolute Gasteiger partial charge is 0.310 e. The summed E-state index contributed by atoms with van der Waals surface area (Å²) in [5, 5.41) is 20.3. The first-order chi connectivity index (χ1) is 13.5. The predicted molar refractivity (Wildman–Crippen MR) is 102 cm³/mol.